The Morgan fingerprint density at radius 1 is 1.44 bits per heavy atom. The van der Waals surface area contributed by atoms with Gasteiger partial charge < -0.3 is 14.9 Å². The van der Waals surface area contributed by atoms with Gasteiger partial charge in [0.1, 0.15) is 5.54 Å². The van der Waals surface area contributed by atoms with E-state index in [-0.39, 0.29) is 6.03 Å². The van der Waals surface area contributed by atoms with Crippen LogP contribution in [-0.2, 0) is 4.79 Å². The van der Waals surface area contributed by atoms with E-state index in [0.717, 1.165) is 18.4 Å². The number of nitrogens with zero attached hydrogens (tertiary/aromatic N) is 2. The molecule has 2 amide bonds. The number of carboxylic acids is 1. The molecule has 5 heteroatoms. The number of aliphatic carboxylic acids is 1. The molecule has 0 aromatic rings. The monoisotopic (exact) mass is 254 g/mol. The lowest BCUT2D eigenvalue weighted by atomic mass is 9.89. The molecule has 1 heterocycles. The standard InChI is InChI=1S/C13H22N2O3/c1-10(2)9-14(4)12(18)15-8-6-5-7-13(15,3)11(16)17/h1,5-9H2,2-4H3,(H,16,17). The largest absolute Gasteiger partial charge is 0.480 e. The predicted molar refractivity (Wildman–Crippen MR) is 69.4 cm³/mol. The molecule has 1 N–H and O–H groups in total. The minimum Gasteiger partial charge on any atom is -0.480 e. The smallest absolute Gasteiger partial charge is 0.329 e. The van der Waals surface area contributed by atoms with E-state index in [2.05, 4.69) is 6.58 Å². The van der Waals surface area contributed by atoms with Gasteiger partial charge in [-0.25, -0.2) is 9.59 Å². The molecule has 0 bridgehead atoms. The molecule has 1 saturated heterocycles. The Labute approximate surface area is 108 Å². The van der Waals surface area contributed by atoms with Crippen molar-refractivity contribution in [3.05, 3.63) is 12.2 Å². The Bertz CT molecular complexity index is 367. The summed E-state index contributed by atoms with van der Waals surface area (Å²) >= 11 is 0. The van der Waals surface area contributed by atoms with Crippen molar-refractivity contribution in [1.82, 2.24) is 9.80 Å². The van der Waals surface area contributed by atoms with Crippen LogP contribution in [0.25, 0.3) is 0 Å². The van der Waals surface area contributed by atoms with Gasteiger partial charge in [-0.3, -0.25) is 0 Å². The van der Waals surface area contributed by atoms with Crippen molar-refractivity contribution >= 4 is 12.0 Å². The van der Waals surface area contributed by atoms with Crippen LogP contribution in [-0.4, -0.2) is 52.6 Å². The second-order valence-electron chi connectivity index (χ2n) is 5.28. The first kappa shape index (κ1) is 14.5. The molecular formula is C13H22N2O3. The number of carboxylic acid groups (broad SMARTS) is 1. The summed E-state index contributed by atoms with van der Waals surface area (Å²) in [6.07, 6.45) is 2.21. The molecule has 0 aliphatic carbocycles. The zero-order chi connectivity index (χ0) is 13.9. The summed E-state index contributed by atoms with van der Waals surface area (Å²) in [6, 6.07) is -0.234. The minimum atomic E-state index is -1.08. The van der Waals surface area contributed by atoms with Gasteiger partial charge in [0.2, 0.25) is 0 Å². The maximum atomic E-state index is 12.3. The SMILES string of the molecule is C=C(C)CN(C)C(=O)N1CCCCC1(C)C(=O)O. The lowest BCUT2D eigenvalue weighted by molar-refractivity contribution is -0.150. The number of urea groups is 1. The molecule has 0 saturated carbocycles. The maximum Gasteiger partial charge on any atom is 0.329 e. The molecule has 5 nitrogen and oxygen atoms in total. The van der Waals surface area contributed by atoms with Gasteiger partial charge >= 0.3 is 12.0 Å². The van der Waals surface area contributed by atoms with Crippen molar-refractivity contribution < 1.29 is 14.7 Å². The van der Waals surface area contributed by atoms with Crippen LogP contribution in [0.5, 0.6) is 0 Å². The number of hydrogen-bond acceptors (Lipinski definition) is 2. The number of carbonyl (C=O) groups is 2. The quantitative estimate of drug-likeness (QED) is 0.783. The first-order valence-electron chi connectivity index (χ1n) is 6.19. The van der Waals surface area contributed by atoms with Crippen molar-refractivity contribution in [2.75, 3.05) is 20.1 Å². The molecule has 1 fully saturated rings. The number of hydrogen-bond donors (Lipinski definition) is 1. The fourth-order valence-corrected chi connectivity index (χ4v) is 2.33. The van der Waals surface area contributed by atoms with E-state index in [1.54, 1.807) is 14.0 Å². The number of likely N-dealkylation sites (N-methyl/N-ethyl adjacent to an activating group) is 1. The molecule has 0 aromatic carbocycles. The summed E-state index contributed by atoms with van der Waals surface area (Å²) in [5.41, 5.74) is -0.210. The Hall–Kier alpha value is -1.52. The summed E-state index contributed by atoms with van der Waals surface area (Å²) < 4.78 is 0. The normalized spacial score (nSPS) is 23.6. The summed E-state index contributed by atoms with van der Waals surface area (Å²) in [5.74, 6) is -0.931. The van der Waals surface area contributed by atoms with Gasteiger partial charge in [0.05, 0.1) is 0 Å². The Kier molecular flexibility index (Phi) is 4.38. The Balaban J connectivity index is 2.87. The number of likely N-dealkylation sites (tertiary alicyclic amines) is 1. The van der Waals surface area contributed by atoms with Crippen molar-refractivity contribution in [2.45, 2.75) is 38.6 Å². The highest BCUT2D eigenvalue weighted by Crippen LogP contribution is 2.29. The first-order valence-corrected chi connectivity index (χ1v) is 6.19. The van der Waals surface area contributed by atoms with Gasteiger partial charge in [-0.1, -0.05) is 12.2 Å². The van der Waals surface area contributed by atoms with Crippen molar-refractivity contribution in [3.63, 3.8) is 0 Å². The van der Waals surface area contributed by atoms with Crippen LogP contribution in [0, 0.1) is 0 Å². The lowest BCUT2D eigenvalue weighted by Gasteiger charge is -2.43. The molecule has 18 heavy (non-hydrogen) atoms. The van der Waals surface area contributed by atoms with Crippen LogP contribution in [0.1, 0.15) is 33.1 Å². The number of piperidine rings is 1. The zero-order valence-electron chi connectivity index (χ0n) is 11.4. The van der Waals surface area contributed by atoms with E-state index < -0.39 is 11.5 Å². The average molecular weight is 254 g/mol. The van der Waals surface area contributed by atoms with Crippen LogP contribution in [0.2, 0.25) is 0 Å². The van der Waals surface area contributed by atoms with Gasteiger partial charge in [-0.15, -0.1) is 0 Å². The van der Waals surface area contributed by atoms with Crippen molar-refractivity contribution in [3.8, 4) is 0 Å². The highest BCUT2D eigenvalue weighted by Gasteiger charge is 2.44. The Morgan fingerprint density at radius 3 is 2.56 bits per heavy atom. The van der Waals surface area contributed by atoms with Gasteiger partial charge in [-0.2, -0.15) is 0 Å². The molecule has 1 aliphatic heterocycles. The molecule has 1 atom stereocenters. The van der Waals surface area contributed by atoms with E-state index in [1.165, 1.54) is 9.80 Å². The van der Waals surface area contributed by atoms with Crippen LogP contribution >= 0.6 is 0 Å². The van der Waals surface area contributed by atoms with E-state index in [0.29, 0.717) is 19.5 Å². The molecule has 0 radical (unpaired) electrons. The number of amides is 2. The van der Waals surface area contributed by atoms with E-state index in [4.69, 9.17) is 0 Å². The summed E-state index contributed by atoms with van der Waals surface area (Å²) in [7, 11) is 1.67. The molecular weight excluding hydrogens is 232 g/mol. The summed E-state index contributed by atoms with van der Waals surface area (Å²) in [6.45, 7) is 8.19. The molecule has 102 valence electrons. The lowest BCUT2D eigenvalue weighted by Crippen LogP contribution is -2.60. The highest BCUT2D eigenvalue weighted by molar-refractivity contribution is 5.86. The zero-order valence-corrected chi connectivity index (χ0v) is 11.4. The fraction of sp³-hybridized carbons (Fsp3) is 0.692. The molecule has 1 aliphatic rings. The van der Waals surface area contributed by atoms with Gasteiger partial charge in [-0.05, 0) is 33.1 Å². The van der Waals surface area contributed by atoms with Crippen LogP contribution < -0.4 is 0 Å². The fourth-order valence-electron chi connectivity index (χ4n) is 2.33. The first-order chi connectivity index (χ1) is 8.29. The third kappa shape index (κ3) is 2.83. The second-order valence-corrected chi connectivity index (χ2v) is 5.28. The van der Waals surface area contributed by atoms with E-state index >= 15 is 0 Å². The Morgan fingerprint density at radius 2 is 2.06 bits per heavy atom. The van der Waals surface area contributed by atoms with Gasteiger partial charge in [0, 0.05) is 20.1 Å². The van der Waals surface area contributed by atoms with Gasteiger partial charge in [0.15, 0.2) is 0 Å². The third-order valence-corrected chi connectivity index (χ3v) is 3.42. The second kappa shape index (κ2) is 5.42. The molecule has 0 spiro atoms. The number of rotatable bonds is 3. The van der Waals surface area contributed by atoms with Crippen LogP contribution in [0.4, 0.5) is 4.79 Å². The van der Waals surface area contributed by atoms with Crippen molar-refractivity contribution in [2.24, 2.45) is 0 Å². The number of carbonyl (C=O) groups excluding carboxylic acids is 1. The highest BCUT2D eigenvalue weighted by atomic mass is 16.4. The molecule has 1 unspecified atom stereocenters. The van der Waals surface area contributed by atoms with Crippen LogP contribution in [0.15, 0.2) is 12.2 Å². The summed E-state index contributed by atoms with van der Waals surface area (Å²) in [4.78, 5) is 26.7. The topological polar surface area (TPSA) is 60.9 Å². The molecule has 0 aromatic heterocycles. The third-order valence-electron chi connectivity index (χ3n) is 3.42. The molecule has 1 rings (SSSR count). The van der Waals surface area contributed by atoms with Crippen LogP contribution in [0.3, 0.4) is 0 Å². The van der Waals surface area contributed by atoms with Crippen molar-refractivity contribution in [1.29, 1.82) is 0 Å². The maximum absolute atomic E-state index is 12.3. The predicted octanol–water partition coefficient (Wildman–Crippen LogP) is 1.94. The minimum absolute atomic E-state index is 0.234. The summed E-state index contributed by atoms with van der Waals surface area (Å²) in [5, 5.41) is 9.35. The average Bonchev–Trinajstić information content (AvgIpc) is 2.27. The van der Waals surface area contributed by atoms with E-state index in [1.807, 2.05) is 6.92 Å². The van der Waals surface area contributed by atoms with Gasteiger partial charge in [0.25, 0.3) is 0 Å². The van der Waals surface area contributed by atoms with E-state index in [9.17, 15) is 14.7 Å².